The largest absolute Gasteiger partial charge is 0.412 e. The molecule has 3 amide bonds. The maximum Gasteiger partial charge on any atom is 0.412 e. The summed E-state index contributed by atoms with van der Waals surface area (Å²) >= 11 is 5.63. The summed E-state index contributed by atoms with van der Waals surface area (Å²) in [6.45, 7) is 1.43. The van der Waals surface area contributed by atoms with Gasteiger partial charge in [-0.2, -0.15) is 13.2 Å². The normalized spacial score (nSPS) is 12.4. The molecule has 1 atom stereocenters. The van der Waals surface area contributed by atoms with Crippen LogP contribution in [0.25, 0.3) is 0 Å². The molecule has 0 fully saturated rings. The number of carbonyl (C=O) groups excluding carboxylic acids is 2. The Kier molecular flexibility index (Phi) is 6.48. The van der Waals surface area contributed by atoms with Gasteiger partial charge in [0.15, 0.2) is 6.04 Å². The van der Waals surface area contributed by atoms with Gasteiger partial charge in [-0.25, -0.2) is 4.79 Å². The quantitative estimate of drug-likeness (QED) is 0.722. The average molecular weight is 338 g/mol. The van der Waals surface area contributed by atoms with Crippen LogP contribution in [0.2, 0.25) is 5.02 Å². The van der Waals surface area contributed by atoms with Gasteiger partial charge in [0.05, 0.1) is 0 Å². The van der Waals surface area contributed by atoms with Crippen LogP contribution in [0.3, 0.4) is 0 Å². The highest BCUT2D eigenvalue weighted by molar-refractivity contribution is 6.30. The van der Waals surface area contributed by atoms with E-state index in [0.717, 1.165) is 0 Å². The number of urea groups is 1. The van der Waals surface area contributed by atoms with Gasteiger partial charge in [-0.1, -0.05) is 23.7 Å². The van der Waals surface area contributed by atoms with Crippen molar-refractivity contribution in [2.24, 2.45) is 0 Å². The Morgan fingerprint density at radius 1 is 1.14 bits per heavy atom. The van der Waals surface area contributed by atoms with Crippen LogP contribution >= 0.6 is 11.6 Å². The average Bonchev–Trinajstić information content (AvgIpc) is 2.41. The van der Waals surface area contributed by atoms with Gasteiger partial charge in [-0.15, -0.1) is 0 Å². The van der Waals surface area contributed by atoms with E-state index in [1.54, 1.807) is 0 Å². The number of halogens is 4. The lowest BCUT2D eigenvalue weighted by Gasteiger charge is -2.22. The fourth-order valence-corrected chi connectivity index (χ4v) is 1.73. The van der Waals surface area contributed by atoms with Crippen molar-refractivity contribution in [2.45, 2.75) is 19.1 Å². The number of nitrogens with one attached hydrogen (secondary N) is 3. The van der Waals surface area contributed by atoms with Crippen LogP contribution in [-0.2, 0) is 4.79 Å². The van der Waals surface area contributed by atoms with Crippen LogP contribution in [-0.4, -0.2) is 31.2 Å². The van der Waals surface area contributed by atoms with Gasteiger partial charge in [-0.3, -0.25) is 4.79 Å². The molecule has 0 radical (unpaired) electrons. The van der Waals surface area contributed by atoms with Crippen LogP contribution in [0, 0.1) is 0 Å². The van der Waals surface area contributed by atoms with E-state index < -0.39 is 18.2 Å². The maximum atomic E-state index is 13.0. The van der Waals surface area contributed by atoms with Crippen molar-refractivity contribution in [3.8, 4) is 0 Å². The number of benzene rings is 1. The lowest BCUT2D eigenvalue weighted by Crippen LogP contribution is -2.45. The smallest absolute Gasteiger partial charge is 0.355 e. The molecule has 3 N–H and O–H groups in total. The minimum Gasteiger partial charge on any atom is -0.355 e. The predicted octanol–water partition coefficient (Wildman–Crippen LogP) is 2.38. The summed E-state index contributed by atoms with van der Waals surface area (Å²) in [4.78, 5) is 22.1. The molecule has 0 unspecified atom stereocenters. The summed E-state index contributed by atoms with van der Waals surface area (Å²) in [6.07, 6.45) is -4.65. The monoisotopic (exact) mass is 337 g/mol. The minimum absolute atomic E-state index is 0.0105. The molecule has 0 aliphatic carbocycles. The molecule has 22 heavy (non-hydrogen) atoms. The van der Waals surface area contributed by atoms with E-state index in [0.29, 0.717) is 5.02 Å². The van der Waals surface area contributed by atoms with Crippen molar-refractivity contribution in [2.75, 3.05) is 13.1 Å². The van der Waals surface area contributed by atoms with Crippen LogP contribution < -0.4 is 16.0 Å². The SMILES string of the molecule is CC(=O)NCCNC(=O)N[C@@H](c1ccc(Cl)cc1)C(F)(F)F. The molecule has 0 saturated carbocycles. The molecule has 0 aliphatic heterocycles. The number of amides is 3. The molecule has 0 saturated heterocycles. The third kappa shape index (κ3) is 6.21. The second-order valence-corrected chi connectivity index (χ2v) is 4.85. The summed E-state index contributed by atoms with van der Waals surface area (Å²) in [6, 6.07) is 1.88. The van der Waals surface area contributed by atoms with Gasteiger partial charge in [0.25, 0.3) is 0 Å². The van der Waals surface area contributed by atoms with E-state index >= 15 is 0 Å². The van der Waals surface area contributed by atoms with Crippen molar-refractivity contribution in [3.63, 3.8) is 0 Å². The zero-order valence-electron chi connectivity index (χ0n) is 11.6. The van der Waals surface area contributed by atoms with Gasteiger partial charge in [-0.05, 0) is 17.7 Å². The van der Waals surface area contributed by atoms with E-state index in [-0.39, 0.29) is 24.6 Å². The third-order valence-electron chi connectivity index (χ3n) is 2.59. The van der Waals surface area contributed by atoms with Crippen LogP contribution in [0.4, 0.5) is 18.0 Å². The van der Waals surface area contributed by atoms with Gasteiger partial charge >= 0.3 is 12.2 Å². The molecule has 1 aromatic carbocycles. The van der Waals surface area contributed by atoms with E-state index in [1.807, 2.05) is 5.32 Å². The van der Waals surface area contributed by atoms with Crippen molar-refractivity contribution in [1.82, 2.24) is 16.0 Å². The molecular formula is C13H15ClF3N3O2. The Morgan fingerprint density at radius 2 is 1.68 bits per heavy atom. The molecule has 1 aromatic rings. The molecule has 0 aromatic heterocycles. The first kappa shape index (κ1) is 18.1. The molecule has 122 valence electrons. The van der Waals surface area contributed by atoms with Crippen molar-refractivity contribution in [1.29, 1.82) is 0 Å². The molecule has 0 heterocycles. The second kappa shape index (κ2) is 7.88. The summed E-state index contributed by atoms with van der Waals surface area (Å²) in [5.41, 5.74) is -0.131. The summed E-state index contributed by atoms with van der Waals surface area (Å²) in [5, 5.41) is 6.78. The molecule has 1 rings (SSSR count). The molecule has 9 heteroatoms. The van der Waals surface area contributed by atoms with Crippen LogP contribution in [0.1, 0.15) is 18.5 Å². The number of carbonyl (C=O) groups is 2. The Bertz CT molecular complexity index is 520. The van der Waals surface area contributed by atoms with Crippen molar-refractivity contribution < 1.29 is 22.8 Å². The van der Waals surface area contributed by atoms with E-state index in [2.05, 4.69) is 10.6 Å². The van der Waals surface area contributed by atoms with Crippen LogP contribution in [0.5, 0.6) is 0 Å². The second-order valence-electron chi connectivity index (χ2n) is 4.41. The highest BCUT2D eigenvalue weighted by Gasteiger charge is 2.41. The molecule has 0 aliphatic rings. The Labute approximate surface area is 130 Å². The topological polar surface area (TPSA) is 70.2 Å². The minimum atomic E-state index is -4.65. The van der Waals surface area contributed by atoms with Crippen LogP contribution in [0.15, 0.2) is 24.3 Å². The standard InChI is InChI=1S/C13H15ClF3N3O2/c1-8(21)18-6-7-19-12(22)20-11(13(15,16)17)9-2-4-10(14)5-3-9/h2-5,11H,6-7H2,1H3,(H,18,21)(H2,19,20,22)/t11-/m0/s1. The summed E-state index contributed by atoms with van der Waals surface area (Å²) in [5.74, 6) is -0.295. The first-order chi connectivity index (χ1) is 10.2. The molecular weight excluding hydrogens is 323 g/mol. The Morgan fingerprint density at radius 3 is 2.18 bits per heavy atom. The van der Waals surface area contributed by atoms with Gasteiger partial charge in [0.2, 0.25) is 5.91 Å². The van der Waals surface area contributed by atoms with Gasteiger partial charge in [0, 0.05) is 25.0 Å². The predicted molar refractivity (Wildman–Crippen MR) is 75.5 cm³/mol. The van der Waals surface area contributed by atoms with E-state index in [1.165, 1.54) is 31.2 Å². The molecule has 0 spiro atoms. The zero-order valence-corrected chi connectivity index (χ0v) is 12.4. The van der Waals surface area contributed by atoms with E-state index in [4.69, 9.17) is 11.6 Å². The summed E-state index contributed by atoms with van der Waals surface area (Å²) in [7, 11) is 0. The lowest BCUT2D eigenvalue weighted by atomic mass is 10.1. The zero-order chi connectivity index (χ0) is 16.8. The first-order valence-electron chi connectivity index (χ1n) is 6.31. The number of rotatable bonds is 5. The Hall–Kier alpha value is -1.96. The van der Waals surface area contributed by atoms with Crippen molar-refractivity contribution >= 4 is 23.5 Å². The number of hydrogen-bond acceptors (Lipinski definition) is 2. The maximum absolute atomic E-state index is 13.0. The first-order valence-corrected chi connectivity index (χ1v) is 6.69. The fourth-order valence-electron chi connectivity index (χ4n) is 1.61. The van der Waals surface area contributed by atoms with Gasteiger partial charge < -0.3 is 16.0 Å². The van der Waals surface area contributed by atoms with Gasteiger partial charge in [0.1, 0.15) is 0 Å². The summed E-state index contributed by atoms with van der Waals surface area (Å²) < 4.78 is 39.1. The molecule has 5 nitrogen and oxygen atoms in total. The highest BCUT2D eigenvalue weighted by atomic mass is 35.5. The molecule has 0 bridgehead atoms. The number of hydrogen-bond donors (Lipinski definition) is 3. The third-order valence-corrected chi connectivity index (χ3v) is 2.84. The number of alkyl halides is 3. The Balaban J connectivity index is 2.64. The lowest BCUT2D eigenvalue weighted by molar-refractivity contribution is -0.154. The van der Waals surface area contributed by atoms with Crippen molar-refractivity contribution in [3.05, 3.63) is 34.9 Å². The fraction of sp³-hybridized carbons (Fsp3) is 0.385. The highest BCUT2D eigenvalue weighted by Crippen LogP contribution is 2.33. The van der Waals surface area contributed by atoms with E-state index in [9.17, 15) is 22.8 Å².